The molecule has 1 N–H and O–H groups in total. The lowest BCUT2D eigenvalue weighted by atomic mass is 9.86. The summed E-state index contributed by atoms with van der Waals surface area (Å²) in [6.07, 6.45) is -0.540. The number of hydrogen-bond acceptors (Lipinski definition) is 4. The summed E-state index contributed by atoms with van der Waals surface area (Å²) in [6.45, 7) is 2.70. The van der Waals surface area contributed by atoms with E-state index in [2.05, 4.69) is 0 Å². The fraction of sp³-hybridized carbons (Fsp3) is 0.500. The van der Waals surface area contributed by atoms with E-state index >= 15 is 0 Å². The van der Waals surface area contributed by atoms with Crippen molar-refractivity contribution in [2.75, 3.05) is 19.7 Å². The van der Waals surface area contributed by atoms with Crippen molar-refractivity contribution in [1.82, 2.24) is 4.31 Å². The third kappa shape index (κ3) is 1.60. The molecule has 0 amide bonds. The molecule has 1 aromatic carbocycles. The van der Waals surface area contributed by atoms with Crippen LogP contribution in [0.5, 0.6) is 0 Å². The van der Waals surface area contributed by atoms with Gasteiger partial charge in [0.2, 0.25) is 10.0 Å². The molecule has 98 valence electrons. The Labute approximate surface area is 106 Å². The molecule has 1 aromatic rings. The van der Waals surface area contributed by atoms with E-state index in [4.69, 9.17) is 4.74 Å². The lowest BCUT2D eigenvalue weighted by Crippen LogP contribution is -2.76. The average molecular weight is 269 g/mol. The SMILES string of the molecule is Cc1ccc(S(=O)(=O)N2CC3(C2)OCC3O)cc1. The van der Waals surface area contributed by atoms with Crippen LogP contribution in [-0.2, 0) is 14.8 Å². The zero-order valence-electron chi connectivity index (χ0n) is 10.0. The molecular weight excluding hydrogens is 254 g/mol. The molecule has 0 radical (unpaired) electrons. The van der Waals surface area contributed by atoms with Gasteiger partial charge in [0.05, 0.1) is 11.5 Å². The van der Waals surface area contributed by atoms with Gasteiger partial charge in [-0.3, -0.25) is 0 Å². The quantitative estimate of drug-likeness (QED) is 0.828. The topological polar surface area (TPSA) is 66.8 Å². The Kier molecular flexibility index (Phi) is 2.54. The summed E-state index contributed by atoms with van der Waals surface area (Å²) in [7, 11) is -3.45. The Balaban J connectivity index is 1.79. The van der Waals surface area contributed by atoms with Gasteiger partial charge in [-0.05, 0) is 19.1 Å². The summed E-state index contributed by atoms with van der Waals surface area (Å²) in [6, 6.07) is 6.76. The highest BCUT2D eigenvalue weighted by atomic mass is 32.2. The zero-order chi connectivity index (χ0) is 13.0. The van der Waals surface area contributed by atoms with Crippen molar-refractivity contribution in [3.05, 3.63) is 29.8 Å². The van der Waals surface area contributed by atoms with E-state index in [9.17, 15) is 13.5 Å². The molecule has 2 saturated heterocycles. The maximum Gasteiger partial charge on any atom is 0.243 e. The lowest BCUT2D eigenvalue weighted by molar-refractivity contribution is -0.277. The molecule has 1 atom stereocenters. The Morgan fingerprint density at radius 2 is 1.94 bits per heavy atom. The van der Waals surface area contributed by atoms with Crippen LogP contribution in [0.1, 0.15) is 5.56 Å². The van der Waals surface area contributed by atoms with Crippen LogP contribution in [0.2, 0.25) is 0 Å². The molecule has 2 aliphatic heterocycles. The molecule has 0 aliphatic carbocycles. The van der Waals surface area contributed by atoms with Gasteiger partial charge >= 0.3 is 0 Å². The van der Waals surface area contributed by atoms with Gasteiger partial charge in [0, 0.05) is 13.1 Å². The average Bonchev–Trinajstić information content (AvgIpc) is 2.25. The maximum atomic E-state index is 12.2. The molecule has 2 fully saturated rings. The highest BCUT2D eigenvalue weighted by molar-refractivity contribution is 7.89. The van der Waals surface area contributed by atoms with Crippen LogP contribution in [0.15, 0.2) is 29.2 Å². The number of benzene rings is 1. The van der Waals surface area contributed by atoms with E-state index < -0.39 is 21.7 Å². The number of sulfonamides is 1. The number of ether oxygens (including phenoxy) is 1. The minimum absolute atomic E-state index is 0.240. The van der Waals surface area contributed by atoms with Crippen molar-refractivity contribution < 1.29 is 18.3 Å². The third-order valence-electron chi connectivity index (χ3n) is 3.68. The van der Waals surface area contributed by atoms with Gasteiger partial charge in [-0.2, -0.15) is 4.31 Å². The van der Waals surface area contributed by atoms with Crippen molar-refractivity contribution in [2.24, 2.45) is 0 Å². The van der Waals surface area contributed by atoms with E-state index in [1.807, 2.05) is 6.92 Å². The fourth-order valence-electron chi connectivity index (χ4n) is 2.28. The van der Waals surface area contributed by atoms with Crippen molar-refractivity contribution in [3.8, 4) is 0 Å². The first-order valence-electron chi connectivity index (χ1n) is 5.83. The zero-order valence-corrected chi connectivity index (χ0v) is 10.9. The first-order chi connectivity index (χ1) is 8.44. The summed E-state index contributed by atoms with van der Waals surface area (Å²) in [4.78, 5) is 0.289. The molecule has 2 aliphatic rings. The summed E-state index contributed by atoms with van der Waals surface area (Å²) in [5.74, 6) is 0. The lowest BCUT2D eigenvalue weighted by Gasteiger charge is -2.56. The van der Waals surface area contributed by atoms with Crippen LogP contribution in [0.3, 0.4) is 0 Å². The number of aliphatic hydroxyl groups excluding tert-OH is 1. The molecule has 0 aromatic heterocycles. The van der Waals surface area contributed by atoms with Gasteiger partial charge in [0.1, 0.15) is 11.7 Å². The molecule has 6 heteroatoms. The molecule has 2 heterocycles. The molecule has 18 heavy (non-hydrogen) atoms. The Hall–Kier alpha value is -0.950. The summed E-state index contributed by atoms with van der Waals surface area (Å²) in [5.41, 5.74) is 0.379. The van der Waals surface area contributed by atoms with Gasteiger partial charge in [-0.25, -0.2) is 8.42 Å². The molecule has 0 bridgehead atoms. The van der Waals surface area contributed by atoms with Crippen molar-refractivity contribution >= 4 is 10.0 Å². The van der Waals surface area contributed by atoms with Gasteiger partial charge in [0.15, 0.2) is 0 Å². The molecule has 1 unspecified atom stereocenters. The monoisotopic (exact) mass is 269 g/mol. The van der Waals surface area contributed by atoms with Gasteiger partial charge < -0.3 is 9.84 Å². The van der Waals surface area contributed by atoms with E-state index in [-0.39, 0.29) is 18.0 Å². The van der Waals surface area contributed by atoms with E-state index in [1.165, 1.54) is 4.31 Å². The van der Waals surface area contributed by atoms with Crippen LogP contribution < -0.4 is 0 Å². The van der Waals surface area contributed by atoms with Gasteiger partial charge in [-0.15, -0.1) is 0 Å². The first-order valence-corrected chi connectivity index (χ1v) is 7.27. The van der Waals surface area contributed by atoms with Crippen LogP contribution in [0, 0.1) is 6.92 Å². The predicted molar refractivity (Wildman–Crippen MR) is 64.6 cm³/mol. The smallest absolute Gasteiger partial charge is 0.243 e. The van der Waals surface area contributed by atoms with Crippen LogP contribution >= 0.6 is 0 Å². The number of nitrogens with zero attached hydrogens (tertiary/aromatic N) is 1. The van der Waals surface area contributed by atoms with Crippen LogP contribution in [0.4, 0.5) is 0 Å². The number of hydrogen-bond donors (Lipinski definition) is 1. The van der Waals surface area contributed by atoms with E-state index in [0.717, 1.165) is 5.56 Å². The molecular formula is C12H15NO4S. The molecule has 0 saturated carbocycles. The summed E-state index contributed by atoms with van der Waals surface area (Å²) < 4.78 is 31.1. The first kappa shape index (κ1) is 12.1. The van der Waals surface area contributed by atoms with E-state index in [0.29, 0.717) is 6.61 Å². The normalized spacial score (nSPS) is 26.7. The van der Waals surface area contributed by atoms with Crippen LogP contribution in [0.25, 0.3) is 0 Å². The van der Waals surface area contributed by atoms with Gasteiger partial charge in [-0.1, -0.05) is 17.7 Å². The Bertz CT molecular complexity index is 560. The summed E-state index contributed by atoms with van der Waals surface area (Å²) in [5, 5.41) is 9.56. The second-order valence-electron chi connectivity index (χ2n) is 4.98. The Morgan fingerprint density at radius 1 is 1.33 bits per heavy atom. The summed E-state index contributed by atoms with van der Waals surface area (Å²) >= 11 is 0. The van der Waals surface area contributed by atoms with Gasteiger partial charge in [0.25, 0.3) is 0 Å². The third-order valence-corrected chi connectivity index (χ3v) is 5.49. The van der Waals surface area contributed by atoms with Crippen molar-refractivity contribution in [2.45, 2.75) is 23.5 Å². The standard InChI is InChI=1S/C12H15NO4S/c1-9-2-4-10(5-3-9)18(15,16)13-7-12(8-13)11(14)6-17-12/h2-5,11,14H,6-8H2,1H3. The highest BCUT2D eigenvalue weighted by Crippen LogP contribution is 2.39. The van der Waals surface area contributed by atoms with Crippen molar-refractivity contribution in [1.29, 1.82) is 0 Å². The molecule has 1 spiro atoms. The minimum atomic E-state index is -3.45. The number of aryl methyl sites for hydroxylation is 1. The fourth-order valence-corrected chi connectivity index (χ4v) is 3.83. The second kappa shape index (κ2) is 3.77. The predicted octanol–water partition coefficient (Wildman–Crippen LogP) is 0.129. The molecule has 5 nitrogen and oxygen atoms in total. The van der Waals surface area contributed by atoms with Crippen molar-refractivity contribution in [3.63, 3.8) is 0 Å². The largest absolute Gasteiger partial charge is 0.388 e. The minimum Gasteiger partial charge on any atom is -0.388 e. The second-order valence-corrected chi connectivity index (χ2v) is 6.92. The number of rotatable bonds is 2. The molecule has 3 rings (SSSR count). The highest BCUT2D eigenvalue weighted by Gasteiger charge is 2.59. The Morgan fingerprint density at radius 3 is 2.39 bits per heavy atom. The van der Waals surface area contributed by atoms with Crippen LogP contribution in [-0.4, -0.2) is 49.2 Å². The number of aliphatic hydroxyl groups is 1. The van der Waals surface area contributed by atoms with E-state index in [1.54, 1.807) is 24.3 Å². The maximum absolute atomic E-state index is 12.2.